The summed E-state index contributed by atoms with van der Waals surface area (Å²) in [4.78, 5) is 0. The van der Waals surface area contributed by atoms with Gasteiger partial charge in [0.1, 0.15) is 12.4 Å². The molecular formula is C35H50OP2. The van der Waals surface area contributed by atoms with Crippen LogP contribution in [0.2, 0.25) is 0 Å². The highest BCUT2D eigenvalue weighted by atomic mass is 31.1. The predicted molar refractivity (Wildman–Crippen MR) is 174 cm³/mol. The van der Waals surface area contributed by atoms with Crippen LogP contribution < -0.4 is 15.3 Å². The lowest BCUT2D eigenvalue weighted by Gasteiger charge is -2.39. The Morgan fingerprint density at radius 2 is 1.37 bits per heavy atom. The highest BCUT2D eigenvalue weighted by molar-refractivity contribution is 7.66. The van der Waals surface area contributed by atoms with Gasteiger partial charge in [0.15, 0.2) is 0 Å². The summed E-state index contributed by atoms with van der Waals surface area (Å²) in [6, 6.07) is 22.5. The Balaban J connectivity index is 2.32. The average Bonchev–Trinajstić information content (AvgIpc) is 2.86. The van der Waals surface area contributed by atoms with Crippen molar-refractivity contribution >= 4 is 27.1 Å². The standard InChI is InChI=1S/C35H50OP2/c1-12-35(13-2,37-32-25(3)18-17-21-30(32)38(10)11)29-23-27(33(4,5)6)22-28(34(7,8)9)31(29)36-24-26-19-15-14-16-20-26/h14-23,37H,12-13,24H2,1-11H3. The molecule has 0 N–H and O–H groups in total. The van der Waals surface area contributed by atoms with E-state index < -0.39 is 0 Å². The predicted octanol–water partition coefficient (Wildman–Crippen LogP) is 9.56. The van der Waals surface area contributed by atoms with E-state index in [2.05, 4.69) is 136 Å². The van der Waals surface area contributed by atoms with Crippen LogP contribution in [0.4, 0.5) is 0 Å². The molecule has 0 fully saturated rings. The van der Waals surface area contributed by atoms with Crippen molar-refractivity contribution < 1.29 is 4.74 Å². The van der Waals surface area contributed by atoms with Crippen molar-refractivity contribution in [1.82, 2.24) is 0 Å². The van der Waals surface area contributed by atoms with Gasteiger partial charge in [0, 0.05) is 16.3 Å². The Bertz CT molecular complexity index is 1210. The molecule has 0 aromatic heterocycles. The third-order valence-electron chi connectivity index (χ3n) is 7.81. The van der Waals surface area contributed by atoms with Crippen LogP contribution in [-0.4, -0.2) is 13.3 Å². The smallest absolute Gasteiger partial charge is 0.127 e. The molecule has 0 aliphatic rings. The number of hydrogen-bond donors (Lipinski definition) is 0. The molecule has 0 spiro atoms. The topological polar surface area (TPSA) is 9.23 Å². The Labute approximate surface area is 236 Å². The molecule has 0 aliphatic carbocycles. The summed E-state index contributed by atoms with van der Waals surface area (Å²) in [7, 11) is 0.514. The minimum atomic E-state index is -0.183. The molecular weight excluding hydrogens is 498 g/mol. The van der Waals surface area contributed by atoms with E-state index >= 15 is 0 Å². The third kappa shape index (κ3) is 6.90. The molecule has 1 nitrogen and oxygen atoms in total. The van der Waals surface area contributed by atoms with E-state index in [4.69, 9.17) is 4.74 Å². The van der Waals surface area contributed by atoms with E-state index in [9.17, 15) is 0 Å². The number of benzene rings is 3. The molecule has 1 unspecified atom stereocenters. The van der Waals surface area contributed by atoms with E-state index in [1.54, 1.807) is 10.6 Å². The van der Waals surface area contributed by atoms with Crippen LogP contribution in [0, 0.1) is 6.92 Å². The van der Waals surface area contributed by atoms with Crippen molar-refractivity contribution in [1.29, 1.82) is 0 Å². The first-order valence-corrected chi connectivity index (χ1v) is 17.4. The Morgan fingerprint density at radius 3 is 1.89 bits per heavy atom. The van der Waals surface area contributed by atoms with Crippen LogP contribution in [0.1, 0.15) is 96.0 Å². The maximum absolute atomic E-state index is 6.91. The highest BCUT2D eigenvalue weighted by Crippen LogP contribution is 2.54. The SMILES string of the molecule is CCC(CC)(Pc1c(C)cccc1P(C)C)c1cc(C(C)(C)C)cc(C(C)(C)C)c1OCc1ccccc1. The zero-order chi connectivity index (χ0) is 28.3. The first kappa shape index (κ1) is 30.9. The van der Waals surface area contributed by atoms with Crippen molar-refractivity contribution in [3.05, 3.63) is 88.5 Å². The van der Waals surface area contributed by atoms with Gasteiger partial charge in [-0.15, -0.1) is 0 Å². The molecule has 0 bridgehead atoms. The second kappa shape index (κ2) is 12.2. The van der Waals surface area contributed by atoms with Crippen LogP contribution in [0.5, 0.6) is 5.75 Å². The van der Waals surface area contributed by atoms with Crippen LogP contribution >= 0.6 is 16.5 Å². The first-order chi connectivity index (χ1) is 17.7. The molecule has 206 valence electrons. The molecule has 0 saturated heterocycles. The summed E-state index contributed by atoms with van der Waals surface area (Å²) in [6.45, 7) is 26.5. The van der Waals surface area contributed by atoms with E-state index in [0.717, 1.165) is 18.6 Å². The molecule has 3 aromatic rings. The second-order valence-electron chi connectivity index (χ2n) is 13.0. The number of aryl methyl sites for hydroxylation is 1. The summed E-state index contributed by atoms with van der Waals surface area (Å²) in [5.74, 6) is 1.11. The molecule has 38 heavy (non-hydrogen) atoms. The zero-order valence-corrected chi connectivity index (χ0v) is 27.6. The Morgan fingerprint density at radius 1 is 0.763 bits per heavy atom. The van der Waals surface area contributed by atoms with Crippen LogP contribution in [0.25, 0.3) is 0 Å². The summed E-state index contributed by atoms with van der Waals surface area (Å²) >= 11 is 0. The lowest BCUT2D eigenvalue weighted by molar-refractivity contribution is 0.289. The fourth-order valence-corrected chi connectivity index (χ4v) is 8.65. The van der Waals surface area contributed by atoms with Gasteiger partial charge in [-0.25, -0.2) is 0 Å². The lowest BCUT2D eigenvalue weighted by atomic mass is 9.76. The van der Waals surface area contributed by atoms with Gasteiger partial charge in [0.25, 0.3) is 0 Å². The molecule has 0 aliphatic heterocycles. The van der Waals surface area contributed by atoms with Gasteiger partial charge < -0.3 is 4.74 Å². The van der Waals surface area contributed by atoms with Gasteiger partial charge in [0.05, 0.1) is 0 Å². The third-order valence-corrected chi connectivity index (χ3v) is 11.7. The minimum Gasteiger partial charge on any atom is -0.488 e. The van der Waals surface area contributed by atoms with Crippen molar-refractivity contribution in [2.24, 2.45) is 0 Å². The van der Waals surface area contributed by atoms with Crippen LogP contribution in [-0.2, 0) is 22.6 Å². The van der Waals surface area contributed by atoms with Gasteiger partial charge in [-0.1, -0.05) is 133 Å². The number of ether oxygens (including phenoxy) is 1. The van der Waals surface area contributed by atoms with Gasteiger partial charge in [-0.3, -0.25) is 0 Å². The first-order valence-electron chi connectivity index (χ1n) is 14.1. The van der Waals surface area contributed by atoms with Gasteiger partial charge in [-0.2, -0.15) is 0 Å². The monoisotopic (exact) mass is 548 g/mol. The van der Waals surface area contributed by atoms with Gasteiger partial charge >= 0.3 is 0 Å². The molecule has 3 rings (SSSR count). The normalized spacial score (nSPS) is 13.1. The number of hydrogen-bond acceptors (Lipinski definition) is 1. The van der Waals surface area contributed by atoms with Crippen LogP contribution in [0.15, 0.2) is 60.7 Å². The van der Waals surface area contributed by atoms with Gasteiger partial charge in [-0.05, 0) is 71.2 Å². The number of rotatable bonds is 9. The second-order valence-corrected chi connectivity index (χ2v) is 16.9. The molecule has 0 heterocycles. The van der Waals surface area contributed by atoms with E-state index in [0.29, 0.717) is 15.2 Å². The fourth-order valence-electron chi connectivity index (χ4n) is 5.16. The molecule has 0 amide bonds. The van der Waals surface area contributed by atoms with Crippen molar-refractivity contribution in [2.45, 2.75) is 97.7 Å². The summed E-state index contributed by atoms with van der Waals surface area (Å²) in [6.07, 6.45) is 2.17. The molecule has 0 radical (unpaired) electrons. The summed E-state index contributed by atoms with van der Waals surface area (Å²) in [5.41, 5.74) is 6.79. The van der Waals surface area contributed by atoms with E-state index in [-0.39, 0.29) is 23.9 Å². The van der Waals surface area contributed by atoms with Crippen molar-refractivity contribution in [3.63, 3.8) is 0 Å². The quantitative estimate of drug-likeness (QED) is 0.242. The largest absolute Gasteiger partial charge is 0.488 e. The maximum atomic E-state index is 6.91. The van der Waals surface area contributed by atoms with Gasteiger partial charge in [0.2, 0.25) is 0 Å². The van der Waals surface area contributed by atoms with E-state index in [1.165, 1.54) is 27.8 Å². The highest BCUT2D eigenvalue weighted by Gasteiger charge is 2.37. The zero-order valence-electron chi connectivity index (χ0n) is 25.8. The fraction of sp³-hybridized carbons (Fsp3) is 0.486. The summed E-state index contributed by atoms with van der Waals surface area (Å²) < 4.78 is 6.91. The van der Waals surface area contributed by atoms with Crippen molar-refractivity contribution in [2.75, 3.05) is 13.3 Å². The molecule has 0 saturated carbocycles. The minimum absolute atomic E-state index is 0.0134. The maximum Gasteiger partial charge on any atom is 0.127 e. The summed E-state index contributed by atoms with van der Waals surface area (Å²) in [5, 5.41) is 3.14. The Kier molecular flexibility index (Phi) is 9.93. The molecule has 3 heteroatoms. The van der Waals surface area contributed by atoms with Crippen LogP contribution in [0.3, 0.4) is 0 Å². The van der Waals surface area contributed by atoms with E-state index in [1.807, 2.05) is 0 Å². The van der Waals surface area contributed by atoms with Crippen molar-refractivity contribution in [3.8, 4) is 5.75 Å². The molecule has 1 atom stereocenters. The average molecular weight is 549 g/mol. The Hall–Kier alpha value is -1.68. The molecule has 3 aromatic carbocycles. The lowest BCUT2D eigenvalue weighted by Crippen LogP contribution is -2.31.